The minimum atomic E-state index is -0.960. The first-order chi connectivity index (χ1) is 15.2. The molecule has 4 nitrogen and oxygen atoms in total. The predicted molar refractivity (Wildman–Crippen MR) is 123 cm³/mol. The summed E-state index contributed by atoms with van der Waals surface area (Å²) in [7, 11) is 0. The molecule has 0 amide bonds. The van der Waals surface area contributed by atoms with E-state index in [-0.39, 0.29) is 0 Å². The molecule has 0 unspecified atom stereocenters. The van der Waals surface area contributed by atoms with Gasteiger partial charge in [0.05, 0.1) is 0 Å². The van der Waals surface area contributed by atoms with Crippen LogP contribution in [-0.2, 0) is 17.9 Å². The third-order valence-electron chi connectivity index (χ3n) is 4.94. The van der Waals surface area contributed by atoms with E-state index in [4.69, 9.17) is 9.84 Å². The Morgan fingerprint density at radius 2 is 1.52 bits per heavy atom. The highest BCUT2D eigenvalue weighted by Gasteiger charge is 2.08. The Bertz CT molecular complexity index is 1160. The van der Waals surface area contributed by atoms with Crippen molar-refractivity contribution in [1.29, 1.82) is 0 Å². The van der Waals surface area contributed by atoms with Crippen LogP contribution >= 0.6 is 0 Å². The van der Waals surface area contributed by atoms with Crippen molar-refractivity contribution in [3.05, 3.63) is 120 Å². The number of nitrogens with zero attached hydrogens (tertiary/aromatic N) is 1. The van der Waals surface area contributed by atoms with Gasteiger partial charge in [-0.1, -0.05) is 72.8 Å². The van der Waals surface area contributed by atoms with Crippen LogP contribution in [0.15, 0.2) is 103 Å². The largest absolute Gasteiger partial charge is 0.489 e. The van der Waals surface area contributed by atoms with Gasteiger partial charge < -0.3 is 14.4 Å². The number of rotatable bonds is 8. The van der Waals surface area contributed by atoms with Crippen LogP contribution in [0.5, 0.6) is 5.75 Å². The van der Waals surface area contributed by atoms with Gasteiger partial charge in [-0.05, 0) is 34.9 Å². The average molecular weight is 409 g/mol. The molecule has 4 rings (SSSR count). The topological polar surface area (TPSA) is 51.5 Å². The summed E-state index contributed by atoms with van der Waals surface area (Å²) >= 11 is 0. The molecule has 4 aromatic rings. The molecule has 4 heteroatoms. The quantitative estimate of drug-likeness (QED) is 0.370. The minimum absolute atomic E-state index is 0.539. The molecule has 1 aromatic heterocycles. The summed E-state index contributed by atoms with van der Waals surface area (Å²) in [5.41, 5.74) is 5.19. The summed E-state index contributed by atoms with van der Waals surface area (Å²) in [4.78, 5) is 11.0. The van der Waals surface area contributed by atoms with Crippen LogP contribution in [0, 0.1) is 0 Å². The Labute approximate surface area is 181 Å². The number of ether oxygens (including phenoxy) is 1. The second-order valence-corrected chi connectivity index (χ2v) is 7.26. The van der Waals surface area contributed by atoms with Crippen molar-refractivity contribution in [3.63, 3.8) is 0 Å². The van der Waals surface area contributed by atoms with Crippen molar-refractivity contribution in [2.75, 3.05) is 0 Å². The first-order valence-electron chi connectivity index (χ1n) is 10.1. The number of aromatic nitrogens is 1. The van der Waals surface area contributed by atoms with Crippen molar-refractivity contribution < 1.29 is 14.6 Å². The average Bonchev–Trinajstić information content (AvgIpc) is 3.21. The number of carboxylic acids is 1. The zero-order chi connectivity index (χ0) is 21.5. The van der Waals surface area contributed by atoms with Gasteiger partial charge in [-0.15, -0.1) is 0 Å². The van der Waals surface area contributed by atoms with E-state index in [0.717, 1.165) is 33.6 Å². The lowest BCUT2D eigenvalue weighted by Crippen LogP contribution is -1.98. The highest BCUT2D eigenvalue weighted by molar-refractivity contribution is 5.87. The zero-order valence-electron chi connectivity index (χ0n) is 17.0. The van der Waals surface area contributed by atoms with Gasteiger partial charge in [-0.2, -0.15) is 0 Å². The maximum Gasteiger partial charge on any atom is 0.328 e. The third-order valence-corrected chi connectivity index (χ3v) is 4.94. The highest BCUT2D eigenvalue weighted by Crippen LogP contribution is 2.26. The van der Waals surface area contributed by atoms with E-state index in [1.165, 1.54) is 6.08 Å². The van der Waals surface area contributed by atoms with E-state index in [1.807, 2.05) is 79.0 Å². The summed E-state index contributed by atoms with van der Waals surface area (Å²) in [5.74, 6) is -0.131. The minimum Gasteiger partial charge on any atom is -0.489 e. The number of aliphatic carboxylic acids is 1. The summed E-state index contributed by atoms with van der Waals surface area (Å²) in [6.45, 7) is 1.22. The molecule has 0 atom stereocenters. The van der Waals surface area contributed by atoms with Crippen LogP contribution < -0.4 is 4.74 Å². The van der Waals surface area contributed by atoms with Gasteiger partial charge in [0.2, 0.25) is 0 Å². The van der Waals surface area contributed by atoms with Gasteiger partial charge in [0, 0.05) is 36.1 Å². The maximum absolute atomic E-state index is 11.0. The molecule has 0 fully saturated rings. The smallest absolute Gasteiger partial charge is 0.328 e. The van der Waals surface area contributed by atoms with E-state index < -0.39 is 5.97 Å². The van der Waals surface area contributed by atoms with Gasteiger partial charge in [0.25, 0.3) is 0 Å². The van der Waals surface area contributed by atoms with Crippen LogP contribution in [0.3, 0.4) is 0 Å². The molecule has 0 aliphatic heterocycles. The molecule has 1 heterocycles. The Balaban J connectivity index is 1.49. The summed E-state index contributed by atoms with van der Waals surface area (Å²) in [6.07, 6.45) is 6.84. The fourth-order valence-corrected chi connectivity index (χ4v) is 3.41. The highest BCUT2D eigenvalue weighted by atomic mass is 16.5. The molecular formula is C27H23NO3. The van der Waals surface area contributed by atoms with Gasteiger partial charge in [0.15, 0.2) is 0 Å². The van der Waals surface area contributed by atoms with Crippen LogP contribution in [0.4, 0.5) is 0 Å². The lowest BCUT2D eigenvalue weighted by molar-refractivity contribution is -0.131. The summed E-state index contributed by atoms with van der Waals surface area (Å²) < 4.78 is 7.93. The summed E-state index contributed by atoms with van der Waals surface area (Å²) in [5, 5.41) is 9.02. The van der Waals surface area contributed by atoms with E-state index in [9.17, 15) is 4.79 Å². The van der Waals surface area contributed by atoms with E-state index >= 15 is 0 Å². The fourth-order valence-electron chi connectivity index (χ4n) is 3.41. The van der Waals surface area contributed by atoms with Gasteiger partial charge >= 0.3 is 5.97 Å². The molecule has 0 spiro atoms. The van der Waals surface area contributed by atoms with Crippen molar-refractivity contribution >= 4 is 12.0 Å². The number of hydrogen-bond acceptors (Lipinski definition) is 2. The van der Waals surface area contributed by atoms with Crippen LogP contribution in [0.1, 0.15) is 16.7 Å². The van der Waals surface area contributed by atoms with Gasteiger partial charge in [0.1, 0.15) is 12.4 Å². The molecule has 0 aliphatic rings. The van der Waals surface area contributed by atoms with Crippen molar-refractivity contribution in [3.8, 4) is 16.9 Å². The van der Waals surface area contributed by atoms with Crippen LogP contribution in [0.25, 0.3) is 17.2 Å². The Kier molecular flexibility index (Phi) is 6.29. The third kappa shape index (κ3) is 5.52. The second-order valence-electron chi connectivity index (χ2n) is 7.26. The molecule has 31 heavy (non-hydrogen) atoms. The molecule has 0 saturated heterocycles. The zero-order valence-corrected chi connectivity index (χ0v) is 17.0. The van der Waals surface area contributed by atoms with Gasteiger partial charge in [-0.3, -0.25) is 0 Å². The van der Waals surface area contributed by atoms with E-state index in [2.05, 4.69) is 22.9 Å². The lowest BCUT2D eigenvalue weighted by atomic mass is 10.0. The SMILES string of the molecule is O=C(O)/C=C/c1cn(Cc2ccc(OCc3ccccc3)cc2)cc1-c1ccccc1. The van der Waals surface area contributed by atoms with Crippen molar-refractivity contribution in [2.24, 2.45) is 0 Å². The lowest BCUT2D eigenvalue weighted by Gasteiger charge is -2.08. The van der Waals surface area contributed by atoms with Crippen LogP contribution in [0.2, 0.25) is 0 Å². The maximum atomic E-state index is 11.0. The van der Waals surface area contributed by atoms with Crippen LogP contribution in [-0.4, -0.2) is 15.6 Å². The monoisotopic (exact) mass is 409 g/mol. The van der Waals surface area contributed by atoms with Crippen molar-refractivity contribution in [1.82, 2.24) is 4.57 Å². The molecule has 3 aromatic carbocycles. The first-order valence-corrected chi connectivity index (χ1v) is 10.1. The standard InChI is InChI=1S/C27H23NO3/c29-27(30)16-13-24-18-28(19-26(24)23-9-5-2-6-10-23)17-21-11-14-25(15-12-21)31-20-22-7-3-1-4-8-22/h1-16,18-19H,17,20H2,(H,29,30)/b16-13+. The molecular weight excluding hydrogens is 386 g/mol. The van der Waals surface area contributed by atoms with E-state index in [0.29, 0.717) is 13.2 Å². The molecule has 1 N–H and O–H groups in total. The molecule has 0 saturated carbocycles. The molecule has 0 aliphatic carbocycles. The van der Waals surface area contributed by atoms with Crippen molar-refractivity contribution in [2.45, 2.75) is 13.2 Å². The fraction of sp³-hybridized carbons (Fsp3) is 0.0741. The van der Waals surface area contributed by atoms with E-state index in [1.54, 1.807) is 6.08 Å². The second kappa shape index (κ2) is 9.63. The number of carbonyl (C=O) groups is 1. The first kappa shape index (κ1) is 20.2. The number of carboxylic acid groups (broad SMARTS) is 1. The Morgan fingerprint density at radius 3 is 2.19 bits per heavy atom. The van der Waals surface area contributed by atoms with Gasteiger partial charge in [-0.25, -0.2) is 4.79 Å². The Morgan fingerprint density at radius 1 is 0.839 bits per heavy atom. The number of hydrogen-bond donors (Lipinski definition) is 1. The molecule has 0 bridgehead atoms. The Hall–Kier alpha value is -4.05. The normalized spacial score (nSPS) is 11.0. The summed E-state index contributed by atoms with van der Waals surface area (Å²) in [6, 6.07) is 28.1. The number of benzene rings is 3. The molecule has 0 radical (unpaired) electrons. The predicted octanol–water partition coefficient (Wildman–Crippen LogP) is 5.88. The molecule has 154 valence electrons.